The highest BCUT2D eigenvalue weighted by molar-refractivity contribution is 9.10. The molecule has 0 saturated carbocycles. The summed E-state index contributed by atoms with van der Waals surface area (Å²) in [5.41, 5.74) is 2.15. The molecule has 0 aliphatic rings. The van der Waals surface area contributed by atoms with Crippen molar-refractivity contribution in [3.63, 3.8) is 0 Å². The van der Waals surface area contributed by atoms with Gasteiger partial charge >= 0.3 is 0 Å². The van der Waals surface area contributed by atoms with Gasteiger partial charge in [-0.2, -0.15) is 0 Å². The molecule has 6 heteroatoms. The fourth-order valence-corrected chi connectivity index (χ4v) is 2.57. The number of nitrogens with one attached hydrogen (secondary N) is 1. The van der Waals surface area contributed by atoms with Gasteiger partial charge in [-0.05, 0) is 47.1 Å². The summed E-state index contributed by atoms with van der Waals surface area (Å²) in [5, 5.41) is 3.48. The van der Waals surface area contributed by atoms with Gasteiger partial charge in [-0.3, -0.25) is 4.79 Å². The van der Waals surface area contributed by atoms with E-state index in [1.807, 2.05) is 25.1 Å². The molecule has 0 atom stereocenters. The van der Waals surface area contributed by atoms with E-state index < -0.39 is 0 Å². The molecule has 1 N–H and O–H groups in total. The van der Waals surface area contributed by atoms with Crippen molar-refractivity contribution in [1.82, 2.24) is 0 Å². The number of ether oxygens (including phenoxy) is 1. The van der Waals surface area contributed by atoms with E-state index in [1.165, 1.54) is 6.26 Å². The molecule has 0 saturated heterocycles. The Labute approximate surface area is 133 Å². The van der Waals surface area contributed by atoms with Crippen molar-refractivity contribution in [1.29, 1.82) is 0 Å². The molecular formula is C14H13Br2NO3. The molecule has 20 heavy (non-hydrogen) atoms. The summed E-state index contributed by atoms with van der Waals surface area (Å²) in [6.07, 6.45) is 1.46. The van der Waals surface area contributed by atoms with Crippen LogP contribution in [0.2, 0.25) is 0 Å². The summed E-state index contributed by atoms with van der Waals surface area (Å²) >= 11 is 6.60. The zero-order valence-corrected chi connectivity index (χ0v) is 14.0. The van der Waals surface area contributed by atoms with Gasteiger partial charge in [0.2, 0.25) is 0 Å². The van der Waals surface area contributed by atoms with Crippen LogP contribution in [0.4, 0.5) is 5.69 Å². The van der Waals surface area contributed by atoms with Gasteiger partial charge in [-0.15, -0.1) is 0 Å². The summed E-state index contributed by atoms with van der Waals surface area (Å²) < 4.78 is 11.0. The number of anilines is 1. The Morgan fingerprint density at radius 1 is 1.40 bits per heavy atom. The average molecular weight is 403 g/mol. The molecule has 2 aromatic rings. The number of carbonyl (C=O) groups excluding carboxylic acids is 1. The zero-order chi connectivity index (χ0) is 14.5. The van der Waals surface area contributed by atoms with E-state index in [4.69, 9.17) is 9.15 Å². The molecule has 0 fully saturated rings. The first-order chi connectivity index (χ1) is 9.65. The summed E-state index contributed by atoms with van der Waals surface area (Å²) in [5.74, 6) is 0.585. The van der Waals surface area contributed by atoms with Gasteiger partial charge in [0.25, 0.3) is 5.91 Å². The van der Waals surface area contributed by atoms with Gasteiger partial charge in [-0.25, -0.2) is 0 Å². The predicted molar refractivity (Wildman–Crippen MR) is 84.6 cm³/mol. The molecule has 1 aromatic heterocycles. The summed E-state index contributed by atoms with van der Waals surface area (Å²) in [6.45, 7) is 2.54. The first-order valence-corrected chi connectivity index (χ1v) is 7.93. The van der Waals surface area contributed by atoms with Crippen molar-refractivity contribution in [2.75, 3.05) is 11.9 Å². The molecule has 0 radical (unpaired) electrons. The van der Waals surface area contributed by atoms with E-state index >= 15 is 0 Å². The molecule has 106 valence electrons. The molecule has 0 aliphatic carbocycles. The van der Waals surface area contributed by atoms with Crippen molar-refractivity contribution in [3.8, 4) is 5.75 Å². The van der Waals surface area contributed by atoms with Gasteiger partial charge in [0.05, 0.1) is 18.4 Å². The third-order valence-corrected chi connectivity index (χ3v) is 3.84. The number of halogens is 2. The molecule has 1 aromatic carbocycles. The van der Waals surface area contributed by atoms with Crippen LogP contribution >= 0.6 is 31.9 Å². The van der Waals surface area contributed by atoms with Crippen LogP contribution < -0.4 is 10.1 Å². The molecule has 0 spiro atoms. The molecule has 2 rings (SSSR count). The Bertz CT molecular complexity index is 610. The lowest BCUT2D eigenvalue weighted by Crippen LogP contribution is -2.11. The van der Waals surface area contributed by atoms with E-state index in [1.54, 1.807) is 6.07 Å². The lowest BCUT2D eigenvalue weighted by molar-refractivity contribution is 0.102. The lowest BCUT2D eigenvalue weighted by Gasteiger charge is -2.11. The fraction of sp³-hybridized carbons (Fsp3) is 0.214. The van der Waals surface area contributed by atoms with Crippen molar-refractivity contribution in [3.05, 3.63) is 46.3 Å². The number of amides is 1. The Morgan fingerprint density at radius 2 is 2.20 bits per heavy atom. The number of hydrogen-bond acceptors (Lipinski definition) is 3. The number of carbonyl (C=O) groups is 1. The third-order valence-electron chi connectivity index (χ3n) is 2.62. The van der Waals surface area contributed by atoms with Crippen LogP contribution in [0.15, 0.2) is 39.6 Å². The number of hydrogen-bond donors (Lipinski definition) is 1. The first kappa shape index (κ1) is 15.1. The van der Waals surface area contributed by atoms with E-state index in [0.717, 1.165) is 11.3 Å². The van der Waals surface area contributed by atoms with Gasteiger partial charge in [-0.1, -0.05) is 15.9 Å². The highest BCUT2D eigenvalue weighted by Crippen LogP contribution is 2.26. The Morgan fingerprint density at radius 3 is 2.80 bits per heavy atom. The minimum atomic E-state index is -0.227. The maximum Gasteiger partial charge on any atom is 0.260 e. The summed E-state index contributed by atoms with van der Waals surface area (Å²) in [7, 11) is 0. The maximum absolute atomic E-state index is 12.1. The molecule has 0 aliphatic heterocycles. The van der Waals surface area contributed by atoms with E-state index in [9.17, 15) is 4.79 Å². The minimum absolute atomic E-state index is 0.227. The molecule has 1 amide bonds. The first-order valence-electron chi connectivity index (χ1n) is 6.01. The number of alkyl halides is 1. The molecule has 0 bridgehead atoms. The minimum Gasteiger partial charge on any atom is -0.494 e. The Hall–Kier alpha value is -1.27. The Balaban J connectivity index is 2.18. The smallest absolute Gasteiger partial charge is 0.260 e. The SMILES string of the molecule is CCOc1ccc(NC(=O)c2ccoc2Br)cc1CBr. The molecule has 1 heterocycles. The normalized spacial score (nSPS) is 10.3. The number of furan rings is 1. The van der Waals surface area contributed by atoms with Gasteiger partial charge in [0.1, 0.15) is 5.75 Å². The second-order valence-electron chi connectivity index (χ2n) is 3.95. The van der Waals surface area contributed by atoms with Crippen LogP contribution in [0.3, 0.4) is 0 Å². The average Bonchev–Trinajstić information content (AvgIpc) is 2.87. The topological polar surface area (TPSA) is 51.5 Å². The second-order valence-corrected chi connectivity index (χ2v) is 5.23. The predicted octanol–water partition coefficient (Wildman–Crippen LogP) is 4.59. The standard InChI is InChI=1S/C14H13Br2NO3/c1-2-19-12-4-3-10(7-9(12)8-15)17-14(18)11-5-6-20-13(11)16/h3-7H,2,8H2,1H3,(H,17,18). The summed E-state index contributed by atoms with van der Waals surface area (Å²) in [4.78, 5) is 12.1. The van der Waals surface area contributed by atoms with Crippen molar-refractivity contribution in [2.45, 2.75) is 12.3 Å². The van der Waals surface area contributed by atoms with E-state index in [0.29, 0.717) is 27.9 Å². The van der Waals surface area contributed by atoms with Crippen molar-refractivity contribution >= 4 is 43.5 Å². The third kappa shape index (κ3) is 3.43. The van der Waals surface area contributed by atoms with Gasteiger partial charge in [0, 0.05) is 16.6 Å². The highest BCUT2D eigenvalue weighted by Gasteiger charge is 2.13. The highest BCUT2D eigenvalue weighted by atomic mass is 79.9. The monoisotopic (exact) mass is 401 g/mol. The van der Waals surface area contributed by atoms with Gasteiger partial charge in [0.15, 0.2) is 4.67 Å². The largest absolute Gasteiger partial charge is 0.494 e. The van der Waals surface area contributed by atoms with Crippen molar-refractivity contribution < 1.29 is 13.9 Å². The maximum atomic E-state index is 12.1. The molecule has 4 nitrogen and oxygen atoms in total. The number of benzene rings is 1. The van der Waals surface area contributed by atoms with E-state index in [2.05, 4.69) is 37.2 Å². The zero-order valence-electron chi connectivity index (χ0n) is 10.8. The Kier molecular flexibility index (Phi) is 5.25. The van der Waals surface area contributed by atoms with Gasteiger partial charge < -0.3 is 14.5 Å². The second kappa shape index (κ2) is 6.95. The van der Waals surface area contributed by atoms with Crippen LogP contribution in [0.5, 0.6) is 5.75 Å². The van der Waals surface area contributed by atoms with Crippen LogP contribution in [0.1, 0.15) is 22.8 Å². The van der Waals surface area contributed by atoms with Crippen LogP contribution in [0, 0.1) is 0 Å². The lowest BCUT2D eigenvalue weighted by atomic mass is 10.2. The van der Waals surface area contributed by atoms with E-state index in [-0.39, 0.29) is 5.91 Å². The molecular weight excluding hydrogens is 390 g/mol. The quantitative estimate of drug-likeness (QED) is 0.744. The fourth-order valence-electron chi connectivity index (χ4n) is 1.71. The van der Waals surface area contributed by atoms with Crippen LogP contribution in [0.25, 0.3) is 0 Å². The number of rotatable bonds is 5. The molecule has 0 unspecified atom stereocenters. The summed E-state index contributed by atoms with van der Waals surface area (Å²) in [6, 6.07) is 7.15. The van der Waals surface area contributed by atoms with Crippen molar-refractivity contribution in [2.24, 2.45) is 0 Å². The van der Waals surface area contributed by atoms with Crippen LogP contribution in [-0.4, -0.2) is 12.5 Å². The van der Waals surface area contributed by atoms with Crippen LogP contribution in [-0.2, 0) is 5.33 Å².